The zero-order valence-corrected chi connectivity index (χ0v) is 8.01. The number of nitrogens with zero attached hydrogens (tertiary/aromatic N) is 3. The van der Waals surface area contributed by atoms with E-state index in [2.05, 4.69) is 0 Å². The number of hydrogen-bond donors (Lipinski definition) is 0. The van der Waals surface area contributed by atoms with Crippen LogP contribution < -0.4 is 0 Å². The molecule has 6 heteroatoms. The van der Waals surface area contributed by atoms with E-state index in [0.29, 0.717) is 6.29 Å². The van der Waals surface area contributed by atoms with Gasteiger partial charge in [0.2, 0.25) is 0 Å². The molecular formula is C10H5N3O3. The Morgan fingerprint density at radius 1 is 1.44 bits per heavy atom. The maximum atomic E-state index is 10.7. The fraction of sp³-hybridized carbons (Fsp3) is 0.100. The number of aldehydes is 1. The van der Waals surface area contributed by atoms with Crippen molar-refractivity contribution < 1.29 is 9.72 Å². The van der Waals surface area contributed by atoms with Crippen molar-refractivity contribution in [1.82, 2.24) is 0 Å². The van der Waals surface area contributed by atoms with Crippen LogP contribution in [0.1, 0.15) is 21.5 Å². The zero-order valence-electron chi connectivity index (χ0n) is 8.01. The molecule has 0 spiro atoms. The van der Waals surface area contributed by atoms with Crippen LogP contribution in [0.2, 0.25) is 0 Å². The molecule has 0 saturated carbocycles. The first-order chi connectivity index (χ1) is 7.65. The average molecular weight is 215 g/mol. The van der Waals surface area contributed by atoms with E-state index in [1.165, 1.54) is 12.1 Å². The summed E-state index contributed by atoms with van der Waals surface area (Å²) in [6, 6.07) is 6.06. The fourth-order valence-corrected chi connectivity index (χ4v) is 1.30. The van der Waals surface area contributed by atoms with Gasteiger partial charge in [-0.3, -0.25) is 14.9 Å². The van der Waals surface area contributed by atoms with Crippen LogP contribution in [-0.2, 0) is 6.42 Å². The molecule has 16 heavy (non-hydrogen) atoms. The minimum Gasteiger partial charge on any atom is -0.298 e. The minimum absolute atomic E-state index is 0.108. The van der Waals surface area contributed by atoms with Crippen molar-refractivity contribution in [1.29, 1.82) is 10.5 Å². The van der Waals surface area contributed by atoms with E-state index in [4.69, 9.17) is 10.5 Å². The van der Waals surface area contributed by atoms with Crippen molar-refractivity contribution in [3.63, 3.8) is 0 Å². The molecule has 0 atom stereocenters. The molecule has 0 aliphatic rings. The first-order valence-corrected chi connectivity index (χ1v) is 4.18. The lowest BCUT2D eigenvalue weighted by Crippen LogP contribution is -2.01. The highest BCUT2D eigenvalue weighted by Crippen LogP contribution is 2.25. The van der Waals surface area contributed by atoms with Gasteiger partial charge in [-0.05, 0) is 11.6 Å². The van der Waals surface area contributed by atoms with E-state index >= 15 is 0 Å². The third-order valence-corrected chi connectivity index (χ3v) is 1.99. The minimum atomic E-state index is -0.789. The van der Waals surface area contributed by atoms with Crippen LogP contribution in [0.4, 0.5) is 5.69 Å². The van der Waals surface area contributed by atoms with E-state index in [1.54, 1.807) is 12.1 Å². The standard InChI is InChI=1S/C10H5N3O3/c11-4-3-7-1-2-8(6-14)10(13(15)16)9(7)5-12/h1-2,6H,3H2. The van der Waals surface area contributed by atoms with Gasteiger partial charge in [-0.1, -0.05) is 6.07 Å². The number of nitro benzene ring substituents is 1. The third-order valence-electron chi connectivity index (χ3n) is 1.99. The van der Waals surface area contributed by atoms with Gasteiger partial charge >= 0.3 is 0 Å². The number of hydrogen-bond acceptors (Lipinski definition) is 5. The van der Waals surface area contributed by atoms with E-state index in [1.807, 2.05) is 0 Å². The summed E-state index contributed by atoms with van der Waals surface area (Å²) in [7, 11) is 0. The summed E-state index contributed by atoms with van der Waals surface area (Å²) >= 11 is 0. The highest BCUT2D eigenvalue weighted by Gasteiger charge is 2.22. The Kier molecular flexibility index (Phi) is 3.31. The Morgan fingerprint density at radius 2 is 2.12 bits per heavy atom. The molecule has 0 N–H and O–H groups in total. The third kappa shape index (κ3) is 1.86. The second-order valence-electron chi connectivity index (χ2n) is 2.86. The van der Waals surface area contributed by atoms with Crippen LogP contribution in [0.25, 0.3) is 0 Å². The summed E-state index contributed by atoms with van der Waals surface area (Å²) < 4.78 is 0. The smallest absolute Gasteiger partial charge is 0.297 e. The van der Waals surface area contributed by atoms with E-state index in [0.717, 1.165) is 0 Å². The lowest BCUT2D eigenvalue weighted by Gasteiger charge is -2.02. The van der Waals surface area contributed by atoms with Gasteiger partial charge in [0, 0.05) is 0 Å². The van der Waals surface area contributed by atoms with Gasteiger partial charge < -0.3 is 0 Å². The van der Waals surface area contributed by atoms with Crippen LogP contribution in [0, 0.1) is 32.8 Å². The molecule has 0 fully saturated rings. The SMILES string of the molecule is N#CCc1ccc(C=O)c([N+](=O)[O-])c1C#N. The highest BCUT2D eigenvalue weighted by atomic mass is 16.6. The van der Waals surface area contributed by atoms with Gasteiger partial charge in [0.15, 0.2) is 6.29 Å². The average Bonchev–Trinajstić information content (AvgIpc) is 2.28. The maximum absolute atomic E-state index is 10.7. The fourth-order valence-electron chi connectivity index (χ4n) is 1.30. The van der Waals surface area contributed by atoms with Crippen molar-refractivity contribution in [3.8, 4) is 12.1 Å². The zero-order chi connectivity index (χ0) is 12.1. The normalized spacial score (nSPS) is 8.88. The molecule has 0 radical (unpaired) electrons. The van der Waals surface area contributed by atoms with Crippen LogP contribution in [-0.4, -0.2) is 11.2 Å². The molecule has 78 valence electrons. The molecule has 1 aromatic carbocycles. The molecule has 1 rings (SSSR count). The summed E-state index contributed by atoms with van der Waals surface area (Å²) in [5.74, 6) is 0. The van der Waals surface area contributed by atoms with Crippen LogP contribution in [0.5, 0.6) is 0 Å². The molecule has 0 aliphatic heterocycles. The van der Waals surface area contributed by atoms with Gasteiger partial charge in [0.25, 0.3) is 5.69 Å². The number of nitriles is 2. The van der Waals surface area contributed by atoms with Gasteiger partial charge in [0.1, 0.15) is 11.6 Å². The van der Waals surface area contributed by atoms with Crippen molar-refractivity contribution in [2.75, 3.05) is 0 Å². The van der Waals surface area contributed by atoms with Crippen LogP contribution >= 0.6 is 0 Å². The number of carbonyl (C=O) groups is 1. The molecular weight excluding hydrogens is 210 g/mol. The Balaban J connectivity index is 3.58. The Bertz CT molecular complexity index is 537. The first kappa shape index (κ1) is 11.3. The number of nitro groups is 1. The van der Waals surface area contributed by atoms with Crippen LogP contribution in [0.15, 0.2) is 12.1 Å². The lowest BCUT2D eigenvalue weighted by atomic mass is 10.0. The van der Waals surface area contributed by atoms with E-state index in [-0.39, 0.29) is 23.1 Å². The maximum Gasteiger partial charge on any atom is 0.297 e. The predicted octanol–water partition coefficient (Wildman–Crippen LogP) is 1.35. The lowest BCUT2D eigenvalue weighted by molar-refractivity contribution is -0.385. The summed E-state index contributed by atoms with van der Waals surface area (Å²) in [4.78, 5) is 20.5. The number of rotatable bonds is 3. The second kappa shape index (κ2) is 4.67. The Labute approximate surface area is 90.5 Å². The predicted molar refractivity (Wildman–Crippen MR) is 52.5 cm³/mol. The summed E-state index contributed by atoms with van der Waals surface area (Å²) in [5, 5.41) is 28.0. The molecule has 0 aliphatic carbocycles. The van der Waals surface area contributed by atoms with Gasteiger partial charge in [-0.15, -0.1) is 0 Å². The van der Waals surface area contributed by atoms with Crippen molar-refractivity contribution in [3.05, 3.63) is 38.9 Å². The summed E-state index contributed by atoms with van der Waals surface area (Å²) in [6.07, 6.45) is 0.206. The molecule has 0 saturated heterocycles. The monoisotopic (exact) mass is 215 g/mol. The number of benzene rings is 1. The quantitative estimate of drug-likeness (QED) is 0.429. The Hall–Kier alpha value is -2.73. The molecule has 0 bridgehead atoms. The molecule has 6 nitrogen and oxygen atoms in total. The van der Waals surface area contributed by atoms with Gasteiger partial charge in [-0.2, -0.15) is 10.5 Å². The topological polar surface area (TPSA) is 108 Å². The molecule has 0 heterocycles. The second-order valence-corrected chi connectivity index (χ2v) is 2.86. The molecule has 0 amide bonds. The van der Waals surface area contributed by atoms with Crippen molar-refractivity contribution in [2.24, 2.45) is 0 Å². The summed E-state index contributed by atoms with van der Waals surface area (Å²) in [6.45, 7) is 0. The molecule has 1 aromatic rings. The van der Waals surface area contributed by atoms with Crippen molar-refractivity contribution >= 4 is 12.0 Å². The molecule has 0 aromatic heterocycles. The summed E-state index contributed by atoms with van der Waals surface area (Å²) in [5.41, 5.74) is -0.674. The largest absolute Gasteiger partial charge is 0.298 e. The van der Waals surface area contributed by atoms with Gasteiger partial charge in [-0.25, -0.2) is 0 Å². The van der Waals surface area contributed by atoms with Gasteiger partial charge in [0.05, 0.1) is 23.0 Å². The number of carbonyl (C=O) groups excluding carboxylic acids is 1. The van der Waals surface area contributed by atoms with E-state index in [9.17, 15) is 14.9 Å². The van der Waals surface area contributed by atoms with E-state index < -0.39 is 10.6 Å². The highest BCUT2D eigenvalue weighted by molar-refractivity contribution is 5.84. The molecule has 0 unspecified atom stereocenters. The Morgan fingerprint density at radius 3 is 2.56 bits per heavy atom. The first-order valence-electron chi connectivity index (χ1n) is 4.18. The van der Waals surface area contributed by atoms with Crippen molar-refractivity contribution in [2.45, 2.75) is 6.42 Å². The van der Waals surface area contributed by atoms with Crippen LogP contribution in [0.3, 0.4) is 0 Å².